The van der Waals surface area contributed by atoms with Crippen molar-refractivity contribution in [2.45, 2.75) is 32.1 Å². The van der Waals surface area contributed by atoms with E-state index >= 15 is 0 Å². The van der Waals surface area contributed by atoms with Crippen molar-refractivity contribution < 1.29 is 22.7 Å². The summed E-state index contributed by atoms with van der Waals surface area (Å²) in [7, 11) is -1.72. The van der Waals surface area contributed by atoms with Crippen LogP contribution in [0.5, 0.6) is 0 Å². The maximum atomic E-state index is 11.8. The van der Waals surface area contributed by atoms with Crippen LogP contribution in [0.1, 0.15) is 32.1 Å². The zero-order valence-electron chi connectivity index (χ0n) is 13.1. The lowest BCUT2D eigenvalue weighted by Crippen LogP contribution is -2.49. The smallest absolute Gasteiger partial charge is 0.305 e. The molecule has 0 spiro atoms. The number of methoxy groups -OCH3 is 1. The molecule has 1 fully saturated rings. The van der Waals surface area contributed by atoms with Crippen LogP contribution in [0.15, 0.2) is 0 Å². The van der Waals surface area contributed by atoms with Gasteiger partial charge in [0.25, 0.3) is 0 Å². The number of esters is 1. The van der Waals surface area contributed by atoms with Crippen molar-refractivity contribution in [3.63, 3.8) is 0 Å². The molecule has 0 unspecified atom stereocenters. The Bertz CT molecular complexity index is 536. The average molecular weight is 365 g/mol. The van der Waals surface area contributed by atoms with Crippen molar-refractivity contribution in [1.82, 2.24) is 16.2 Å². The summed E-state index contributed by atoms with van der Waals surface area (Å²) in [5.74, 6) is -1.16. The van der Waals surface area contributed by atoms with Crippen LogP contribution < -0.4 is 16.2 Å². The highest BCUT2D eigenvalue weighted by Gasteiger charge is 2.32. The predicted molar refractivity (Wildman–Crippen MR) is 89.1 cm³/mol. The van der Waals surface area contributed by atoms with E-state index in [0.29, 0.717) is 19.4 Å². The monoisotopic (exact) mass is 365 g/mol. The number of sulfone groups is 1. The number of thiocarbonyl (C=S) groups is 1. The lowest BCUT2D eigenvalue weighted by atomic mass is 10.1. The number of hydrogen-bond acceptors (Lipinski definition) is 6. The normalized spacial score (nSPS) is 18.9. The maximum absolute atomic E-state index is 11.8. The van der Waals surface area contributed by atoms with Gasteiger partial charge in [-0.25, -0.2) is 8.42 Å². The van der Waals surface area contributed by atoms with Crippen molar-refractivity contribution in [3.05, 3.63) is 0 Å². The van der Waals surface area contributed by atoms with Crippen LogP contribution >= 0.6 is 12.2 Å². The predicted octanol–water partition coefficient (Wildman–Crippen LogP) is -0.350. The molecule has 3 N–H and O–H groups in total. The number of unbranched alkanes of at least 4 members (excludes halogenated alkanes) is 2. The molecule has 0 radical (unpaired) electrons. The van der Waals surface area contributed by atoms with Gasteiger partial charge in [-0.15, -0.1) is 0 Å². The van der Waals surface area contributed by atoms with E-state index in [9.17, 15) is 18.0 Å². The fourth-order valence-corrected chi connectivity index (χ4v) is 4.04. The molecule has 10 heteroatoms. The first-order valence-corrected chi connectivity index (χ1v) is 9.68. The molecule has 1 rings (SSSR count). The third kappa shape index (κ3) is 8.12. The Morgan fingerprint density at radius 1 is 1.22 bits per heavy atom. The van der Waals surface area contributed by atoms with Crippen LogP contribution in [-0.4, -0.2) is 50.6 Å². The Balaban J connectivity index is 2.06. The van der Waals surface area contributed by atoms with Gasteiger partial charge < -0.3 is 10.1 Å². The van der Waals surface area contributed by atoms with Gasteiger partial charge >= 0.3 is 5.97 Å². The summed E-state index contributed by atoms with van der Waals surface area (Å²) in [6, 6.07) is 0. The highest BCUT2D eigenvalue weighted by molar-refractivity contribution is 7.91. The second kappa shape index (κ2) is 9.66. The first kappa shape index (κ1) is 19.6. The standard InChI is InChI=1S/C13H23N3O5S2/c1-21-11(17)5-3-2-4-7-14-13(22)16-15-12(18)10-6-8-23(19,20)9-10/h10H,2-9H2,1H3,(H,15,18)(H2,14,16,22)/t10-/m0/s1. The summed E-state index contributed by atoms with van der Waals surface area (Å²) >= 11 is 5.00. The fraction of sp³-hybridized carbons (Fsp3) is 0.769. The second-order valence-corrected chi connectivity index (χ2v) is 7.99. The Labute approximate surface area is 141 Å². The first-order valence-electron chi connectivity index (χ1n) is 7.45. The van der Waals surface area contributed by atoms with Crippen molar-refractivity contribution in [3.8, 4) is 0 Å². The second-order valence-electron chi connectivity index (χ2n) is 5.36. The number of hydrogen-bond donors (Lipinski definition) is 3. The molecular formula is C13H23N3O5S2. The number of hydrazine groups is 1. The van der Waals surface area contributed by atoms with Crippen molar-refractivity contribution >= 4 is 39.0 Å². The summed E-state index contributed by atoms with van der Waals surface area (Å²) in [6.07, 6.45) is 3.18. The van der Waals surface area contributed by atoms with Crippen LogP contribution in [-0.2, 0) is 24.2 Å². The van der Waals surface area contributed by atoms with E-state index in [1.54, 1.807) is 0 Å². The van der Waals surface area contributed by atoms with E-state index in [0.717, 1.165) is 19.3 Å². The Morgan fingerprint density at radius 3 is 2.57 bits per heavy atom. The average Bonchev–Trinajstić information content (AvgIpc) is 2.88. The molecule has 1 saturated heterocycles. The summed E-state index contributed by atoms with van der Waals surface area (Å²) in [4.78, 5) is 22.7. The number of nitrogens with one attached hydrogen (secondary N) is 3. The van der Waals surface area contributed by atoms with Gasteiger partial charge in [0.1, 0.15) is 0 Å². The van der Waals surface area contributed by atoms with Gasteiger partial charge in [-0.2, -0.15) is 0 Å². The third-order valence-electron chi connectivity index (χ3n) is 3.47. The van der Waals surface area contributed by atoms with Gasteiger partial charge in [-0.3, -0.25) is 20.4 Å². The molecule has 0 aromatic heterocycles. The van der Waals surface area contributed by atoms with E-state index < -0.39 is 15.8 Å². The van der Waals surface area contributed by atoms with Gasteiger partial charge in [0.15, 0.2) is 14.9 Å². The van der Waals surface area contributed by atoms with Crippen LogP contribution in [0, 0.1) is 5.92 Å². The molecule has 1 heterocycles. The zero-order chi connectivity index (χ0) is 17.3. The number of carbonyl (C=O) groups is 2. The molecule has 0 bridgehead atoms. The quantitative estimate of drug-likeness (QED) is 0.243. The molecule has 1 aliphatic heterocycles. The molecule has 0 aliphatic carbocycles. The summed E-state index contributed by atoms with van der Waals surface area (Å²) < 4.78 is 27.2. The van der Waals surface area contributed by atoms with Crippen LogP contribution in [0.3, 0.4) is 0 Å². The molecule has 1 amide bonds. The van der Waals surface area contributed by atoms with E-state index in [1.807, 2.05) is 0 Å². The van der Waals surface area contributed by atoms with Gasteiger partial charge in [-0.05, 0) is 31.5 Å². The lowest BCUT2D eigenvalue weighted by Gasteiger charge is -2.13. The Hall–Kier alpha value is -1.42. The number of rotatable bonds is 7. The van der Waals surface area contributed by atoms with Crippen molar-refractivity contribution in [2.24, 2.45) is 5.92 Å². The van der Waals surface area contributed by atoms with Crippen LogP contribution in [0.25, 0.3) is 0 Å². The molecule has 23 heavy (non-hydrogen) atoms. The highest BCUT2D eigenvalue weighted by Crippen LogP contribution is 2.17. The number of amides is 1. The minimum atomic E-state index is -3.08. The Morgan fingerprint density at radius 2 is 1.96 bits per heavy atom. The fourth-order valence-electron chi connectivity index (χ4n) is 2.14. The summed E-state index contributed by atoms with van der Waals surface area (Å²) in [6.45, 7) is 0.612. The molecule has 1 atom stereocenters. The van der Waals surface area contributed by atoms with Gasteiger partial charge in [0.2, 0.25) is 5.91 Å². The molecule has 0 saturated carbocycles. The van der Waals surface area contributed by atoms with Gasteiger partial charge in [-0.1, -0.05) is 6.42 Å². The molecule has 8 nitrogen and oxygen atoms in total. The molecule has 132 valence electrons. The van der Waals surface area contributed by atoms with Gasteiger partial charge in [0.05, 0.1) is 24.5 Å². The third-order valence-corrected chi connectivity index (χ3v) is 5.49. The van der Waals surface area contributed by atoms with Crippen molar-refractivity contribution in [2.75, 3.05) is 25.2 Å². The van der Waals surface area contributed by atoms with Gasteiger partial charge in [0, 0.05) is 13.0 Å². The minimum Gasteiger partial charge on any atom is -0.469 e. The van der Waals surface area contributed by atoms with E-state index in [4.69, 9.17) is 12.2 Å². The van der Waals surface area contributed by atoms with Crippen LogP contribution in [0.2, 0.25) is 0 Å². The zero-order valence-corrected chi connectivity index (χ0v) is 14.7. The first-order chi connectivity index (χ1) is 10.8. The number of carbonyl (C=O) groups excluding carboxylic acids is 2. The van der Waals surface area contributed by atoms with E-state index in [-0.39, 0.29) is 28.5 Å². The largest absolute Gasteiger partial charge is 0.469 e. The topological polar surface area (TPSA) is 114 Å². The summed E-state index contributed by atoms with van der Waals surface area (Å²) in [5.41, 5.74) is 4.98. The van der Waals surface area contributed by atoms with E-state index in [1.165, 1.54) is 7.11 Å². The van der Waals surface area contributed by atoms with E-state index in [2.05, 4.69) is 20.9 Å². The Kier molecular flexibility index (Phi) is 8.24. The molecule has 0 aromatic rings. The molecule has 0 aromatic carbocycles. The SMILES string of the molecule is COC(=O)CCCCCNC(=S)NNC(=O)[C@H]1CCS(=O)(=O)C1. The summed E-state index contributed by atoms with van der Waals surface area (Å²) in [5, 5.41) is 3.19. The highest BCUT2D eigenvalue weighted by atomic mass is 32.2. The lowest BCUT2D eigenvalue weighted by molar-refractivity contribution is -0.140. The van der Waals surface area contributed by atoms with Crippen molar-refractivity contribution in [1.29, 1.82) is 0 Å². The molecule has 1 aliphatic rings. The van der Waals surface area contributed by atoms with Crippen LogP contribution in [0.4, 0.5) is 0 Å². The maximum Gasteiger partial charge on any atom is 0.305 e. The number of ether oxygens (including phenoxy) is 1. The molecular weight excluding hydrogens is 342 g/mol. The minimum absolute atomic E-state index is 0.0549.